The van der Waals surface area contributed by atoms with Crippen molar-refractivity contribution >= 4 is 32.7 Å². The third-order valence-electron chi connectivity index (χ3n) is 3.26. The number of nitrogens with one attached hydrogen (secondary N) is 1. The Morgan fingerprint density at radius 1 is 1.40 bits per heavy atom. The van der Waals surface area contributed by atoms with E-state index in [2.05, 4.69) is 17.5 Å². The van der Waals surface area contributed by atoms with Gasteiger partial charge in [0.25, 0.3) is 0 Å². The van der Waals surface area contributed by atoms with Crippen LogP contribution in [0.3, 0.4) is 0 Å². The van der Waals surface area contributed by atoms with Gasteiger partial charge in [-0.05, 0) is 25.5 Å². The van der Waals surface area contributed by atoms with Gasteiger partial charge < -0.3 is 11.1 Å². The molecule has 0 radical (unpaired) electrons. The molecule has 1 aliphatic rings. The third-order valence-corrected chi connectivity index (χ3v) is 5.40. The molecule has 2 rings (SSSR count). The topological polar surface area (TPSA) is 72.2 Å². The number of nitrogens with two attached hydrogens (primary N) is 1. The van der Waals surface area contributed by atoms with Crippen LogP contribution in [0.2, 0.25) is 0 Å². The van der Waals surface area contributed by atoms with E-state index in [1.54, 1.807) is 6.92 Å². The monoisotopic (exact) mass is 320 g/mol. The minimum absolute atomic E-state index is 0.00467. The molecule has 1 saturated heterocycles. The van der Waals surface area contributed by atoms with E-state index < -0.39 is 27.0 Å². The second-order valence-corrected chi connectivity index (χ2v) is 7.83. The first-order chi connectivity index (χ1) is 9.12. The van der Waals surface area contributed by atoms with Gasteiger partial charge in [-0.25, -0.2) is 17.2 Å². The van der Waals surface area contributed by atoms with Crippen LogP contribution in [0.1, 0.15) is 18.9 Å². The molecule has 8 heteroatoms. The Morgan fingerprint density at radius 2 is 1.95 bits per heavy atom. The fourth-order valence-electron chi connectivity index (χ4n) is 2.25. The quantitative estimate of drug-likeness (QED) is 0.828. The summed E-state index contributed by atoms with van der Waals surface area (Å²) in [5.74, 6) is -1.85. The molecule has 0 saturated carbocycles. The van der Waals surface area contributed by atoms with Crippen LogP contribution >= 0.6 is 12.2 Å². The maximum Gasteiger partial charge on any atom is 0.152 e. The molecular formula is C12H14F2N2O2S2. The Hall–Kier alpha value is -1.28. The lowest BCUT2D eigenvalue weighted by molar-refractivity contribution is 0.541. The van der Waals surface area contributed by atoms with Crippen molar-refractivity contribution in [2.75, 3.05) is 16.8 Å². The van der Waals surface area contributed by atoms with Crippen LogP contribution in [0.15, 0.2) is 12.1 Å². The smallest absolute Gasteiger partial charge is 0.152 e. The molecule has 1 aromatic carbocycles. The highest BCUT2D eigenvalue weighted by Crippen LogP contribution is 2.30. The van der Waals surface area contributed by atoms with E-state index in [1.165, 1.54) is 0 Å². The van der Waals surface area contributed by atoms with E-state index in [1.807, 2.05) is 0 Å². The average molecular weight is 320 g/mol. The summed E-state index contributed by atoms with van der Waals surface area (Å²) in [7, 11) is -3.17. The van der Waals surface area contributed by atoms with Crippen LogP contribution in [0.4, 0.5) is 14.5 Å². The number of hydrogen-bond donors (Lipinski definition) is 2. The van der Waals surface area contributed by atoms with Crippen molar-refractivity contribution in [3.8, 4) is 0 Å². The summed E-state index contributed by atoms with van der Waals surface area (Å²) in [6.07, 6.45) is 0.297. The van der Waals surface area contributed by atoms with Crippen LogP contribution in [-0.4, -0.2) is 30.5 Å². The van der Waals surface area contributed by atoms with E-state index in [0.29, 0.717) is 6.42 Å². The van der Waals surface area contributed by atoms with Gasteiger partial charge in [-0.2, -0.15) is 0 Å². The molecule has 0 aliphatic carbocycles. The molecule has 1 heterocycles. The van der Waals surface area contributed by atoms with Crippen molar-refractivity contribution in [3.05, 3.63) is 29.3 Å². The number of rotatable bonds is 3. The summed E-state index contributed by atoms with van der Waals surface area (Å²) in [5, 5.41) is 2.66. The zero-order chi connectivity index (χ0) is 15.1. The second kappa shape index (κ2) is 4.92. The first kappa shape index (κ1) is 15.1. The van der Waals surface area contributed by atoms with Gasteiger partial charge in [0.15, 0.2) is 9.84 Å². The fraction of sp³-hybridized carbons (Fsp3) is 0.417. The molecule has 1 aliphatic heterocycles. The van der Waals surface area contributed by atoms with Gasteiger partial charge in [-0.15, -0.1) is 0 Å². The number of hydrogen-bond acceptors (Lipinski definition) is 4. The normalized spacial score (nSPS) is 24.6. The predicted molar refractivity (Wildman–Crippen MR) is 77.5 cm³/mol. The molecule has 20 heavy (non-hydrogen) atoms. The van der Waals surface area contributed by atoms with Crippen LogP contribution < -0.4 is 11.1 Å². The molecule has 1 atom stereocenters. The van der Waals surface area contributed by atoms with Crippen LogP contribution in [0.5, 0.6) is 0 Å². The third kappa shape index (κ3) is 3.06. The van der Waals surface area contributed by atoms with Crippen molar-refractivity contribution in [3.63, 3.8) is 0 Å². The molecule has 0 aromatic heterocycles. The summed E-state index contributed by atoms with van der Waals surface area (Å²) >= 11 is 4.66. The van der Waals surface area contributed by atoms with Crippen molar-refractivity contribution in [2.24, 2.45) is 5.73 Å². The standard InChI is InChI=1S/C12H14F2N2O2S2/c1-12(2-3-20(17,18)6-12)16-10-8(13)4-7(11(15)19)5-9(10)14/h4-5,16H,2-3,6H2,1H3,(H2,15,19). The summed E-state index contributed by atoms with van der Waals surface area (Å²) in [4.78, 5) is -0.107. The van der Waals surface area contributed by atoms with Crippen molar-refractivity contribution < 1.29 is 17.2 Å². The zero-order valence-electron chi connectivity index (χ0n) is 10.7. The summed E-state index contributed by atoms with van der Waals surface area (Å²) in [6, 6.07) is 2.06. The Kier molecular flexibility index (Phi) is 3.72. The Morgan fingerprint density at radius 3 is 2.35 bits per heavy atom. The highest BCUT2D eigenvalue weighted by Gasteiger charge is 2.39. The van der Waals surface area contributed by atoms with Gasteiger partial charge in [0, 0.05) is 11.1 Å². The minimum atomic E-state index is -3.17. The van der Waals surface area contributed by atoms with Crippen LogP contribution in [0, 0.1) is 11.6 Å². The minimum Gasteiger partial charge on any atom is -0.389 e. The number of sulfone groups is 1. The lowest BCUT2D eigenvalue weighted by atomic mass is 10.0. The SMILES string of the molecule is CC1(Nc2c(F)cc(C(N)=S)cc2F)CCS(=O)(=O)C1. The molecule has 0 spiro atoms. The van der Waals surface area contributed by atoms with E-state index >= 15 is 0 Å². The van der Waals surface area contributed by atoms with Gasteiger partial charge in [-0.1, -0.05) is 12.2 Å². The maximum absolute atomic E-state index is 13.9. The Labute approximate surface area is 121 Å². The Bertz CT molecular complexity index is 653. The van der Waals surface area contributed by atoms with Crippen LogP contribution in [0.25, 0.3) is 0 Å². The van der Waals surface area contributed by atoms with E-state index in [4.69, 9.17) is 5.73 Å². The lowest BCUT2D eigenvalue weighted by Crippen LogP contribution is -2.36. The van der Waals surface area contributed by atoms with Crippen molar-refractivity contribution in [2.45, 2.75) is 18.9 Å². The summed E-state index contributed by atoms with van der Waals surface area (Å²) < 4.78 is 50.8. The summed E-state index contributed by atoms with van der Waals surface area (Å²) in [5.41, 5.74) is 4.17. The molecular weight excluding hydrogens is 306 g/mol. The van der Waals surface area contributed by atoms with E-state index in [0.717, 1.165) is 12.1 Å². The predicted octanol–water partition coefficient (Wildman–Crippen LogP) is 1.59. The van der Waals surface area contributed by atoms with Crippen molar-refractivity contribution in [1.82, 2.24) is 0 Å². The number of thiocarbonyl (C=S) groups is 1. The number of benzene rings is 1. The van der Waals surface area contributed by atoms with Gasteiger partial charge in [-0.3, -0.25) is 0 Å². The van der Waals surface area contributed by atoms with Gasteiger partial charge >= 0.3 is 0 Å². The maximum atomic E-state index is 13.9. The number of anilines is 1. The number of halogens is 2. The fourth-order valence-corrected chi connectivity index (χ4v) is 4.46. The van der Waals surface area contributed by atoms with E-state index in [-0.39, 0.29) is 27.7 Å². The molecule has 1 aromatic rings. The van der Waals surface area contributed by atoms with Crippen LogP contribution in [-0.2, 0) is 9.84 Å². The molecule has 0 amide bonds. The summed E-state index contributed by atoms with van der Waals surface area (Å²) in [6.45, 7) is 1.62. The lowest BCUT2D eigenvalue weighted by Gasteiger charge is -2.26. The molecule has 1 unspecified atom stereocenters. The first-order valence-corrected chi connectivity index (χ1v) is 8.12. The van der Waals surface area contributed by atoms with Gasteiger partial charge in [0.1, 0.15) is 22.3 Å². The highest BCUT2D eigenvalue weighted by atomic mass is 32.2. The molecule has 0 bridgehead atoms. The highest BCUT2D eigenvalue weighted by molar-refractivity contribution is 7.91. The second-order valence-electron chi connectivity index (χ2n) is 5.21. The average Bonchev–Trinajstić information content (AvgIpc) is 2.58. The molecule has 110 valence electrons. The first-order valence-electron chi connectivity index (χ1n) is 5.89. The molecule has 4 nitrogen and oxygen atoms in total. The molecule has 1 fully saturated rings. The van der Waals surface area contributed by atoms with Gasteiger partial charge in [0.05, 0.1) is 11.5 Å². The zero-order valence-corrected chi connectivity index (χ0v) is 12.4. The Balaban J connectivity index is 2.33. The van der Waals surface area contributed by atoms with Gasteiger partial charge in [0.2, 0.25) is 0 Å². The van der Waals surface area contributed by atoms with E-state index in [9.17, 15) is 17.2 Å². The largest absolute Gasteiger partial charge is 0.389 e. The molecule has 3 N–H and O–H groups in total. The van der Waals surface area contributed by atoms with Crippen molar-refractivity contribution in [1.29, 1.82) is 0 Å².